The Hall–Kier alpha value is -6.33. The number of hydrogen-bond donors (Lipinski definition) is 0. The highest BCUT2D eigenvalue weighted by Gasteiger charge is 2.48. The van der Waals surface area contributed by atoms with E-state index in [1.807, 2.05) is 68.4 Å². The van der Waals surface area contributed by atoms with Crippen molar-refractivity contribution in [2.24, 2.45) is 0 Å². The number of allylic oxidation sites excluding steroid dienone is 1. The summed E-state index contributed by atoms with van der Waals surface area (Å²) in [7, 11) is 0. The minimum absolute atomic E-state index is 0.187. The maximum atomic E-state index is 15.3. The summed E-state index contributed by atoms with van der Waals surface area (Å²) >= 11 is 0. The third-order valence-corrected chi connectivity index (χ3v) is 10.8. The third kappa shape index (κ3) is 5.60. The average Bonchev–Trinajstić information content (AvgIpc) is 3.44. The molecule has 0 aromatic heterocycles. The normalized spacial score (nSPS) is 15.4. The van der Waals surface area contributed by atoms with E-state index in [1.165, 1.54) is 4.90 Å². The lowest BCUT2D eigenvalue weighted by atomic mass is 9.64. The summed E-state index contributed by atoms with van der Waals surface area (Å²) in [6.07, 6.45) is 2.31. The van der Waals surface area contributed by atoms with Gasteiger partial charge in [-0.2, -0.15) is 0 Å². The number of benzene rings is 6. The maximum Gasteiger partial charge on any atom is 0.262 e. The Bertz CT molecular complexity index is 2230. The second-order valence-corrected chi connectivity index (χ2v) is 14.5. The Balaban J connectivity index is 1.31. The first-order valence-electron chi connectivity index (χ1n) is 18.1. The molecule has 0 bridgehead atoms. The number of anilines is 1. The minimum atomic E-state index is -1.07. The van der Waals surface area contributed by atoms with Gasteiger partial charge in [-0.15, -0.1) is 0 Å². The molecule has 0 unspecified atom stereocenters. The van der Waals surface area contributed by atoms with Crippen molar-refractivity contribution >= 4 is 29.0 Å². The van der Waals surface area contributed by atoms with Crippen LogP contribution in [0.15, 0.2) is 170 Å². The molecule has 3 amide bonds. The van der Waals surface area contributed by atoms with Crippen LogP contribution in [0.1, 0.15) is 74.9 Å². The van der Waals surface area contributed by atoms with Gasteiger partial charge >= 0.3 is 0 Å². The molecule has 0 fully saturated rings. The Morgan fingerprint density at radius 1 is 0.585 bits per heavy atom. The maximum absolute atomic E-state index is 15.3. The number of fused-ring (bicyclic) bond motifs is 2. The first kappa shape index (κ1) is 33.8. The molecule has 53 heavy (non-hydrogen) atoms. The van der Waals surface area contributed by atoms with Crippen molar-refractivity contribution in [3.63, 3.8) is 0 Å². The average molecular weight is 693 g/mol. The van der Waals surface area contributed by atoms with Gasteiger partial charge in [-0.25, -0.2) is 0 Å². The van der Waals surface area contributed by atoms with Crippen molar-refractivity contribution in [3.8, 4) is 0 Å². The number of nitrogens with zero attached hydrogens (tertiary/aromatic N) is 2. The molecule has 0 saturated carbocycles. The second-order valence-electron chi connectivity index (χ2n) is 14.5. The Labute approximate surface area is 310 Å². The molecule has 5 nitrogen and oxygen atoms in total. The van der Waals surface area contributed by atoms with Crippen LogP contribution in [0.25, 0.3) is 5.57 Å². The van der Waals surface area contributed by atoms with Crippen LogP contribution in [-0.4, -0.2) is 34.2 Å². The Morgan fingerprint density at radius 3 is 1.53 bits per heavy atom. The summed E-state index contributed by atoms with van der Waals surface area (Å²) in [6, 6.07) is 53.4. The summed E-state index contributed by atoms with van der Waals surface area (Å²) in [4.78, 5) is 46.2. The van der Waals surface area contributed by atoms with Crippen molar-refractivity contribution in [1.29, 1.82) is 0 Å². The fraction of sp³-hybridized carbons (Fsp3) is 0.146. The molecule has 8 rings (SSSR count). The van der Waals surface area contributed by atoms with E-state index in [4.69, 9.17) is 0 Å². The number of carbonyl (C=O) groups excluding carboxylic acids is 3. The van der Waals surface area contributed by atoms with E-state index in [0.717, 1.165) is 44.6 Å². The summed E-state index contributed by atoms with van der Waals surface area (Å²) in [5.74, 6) is -1.21. The van der Waals surface area contributed by atoms with Crippen molar-refractivity contribution in [1.82, 2.24) is 4.90 Å². The standard InChI is InChI=1S/C48H40N2O3/c1-33-32-47(2,3)50(46(53)43(30-34-18-8-4-9-19-34)49-44(51)39-26-16-17-27-40(39)45(49)52)42-29-28-38(31-41(33)42)48(35-20-10-5-11-21-35,36-22-12-6-13-23-36)37-24-14-7-15-25-37/h4-29,31-32,43H,30H2,1-3H3/t43-/m0/s1. The van der Waals surface area contributed by atoms with Gasteiger partial charge in [0, 0.05) is 12.0 Å². The van der Waals surface area contributed by atoms with E-state index >= 15 is 4.79 Å². The number of hydrogen-bond acceptors (Lipinski definition) is 3. The largest absolute Gasteiger partial charge is 0.301 e. The SMILES string of the molecule is CC1=CC(C)(C)N(C(=O)[C@H](Cc2ccccc2)N2C(=O)c3ccccc3C2=O)c2ccc(C(c3ccccc3)(c3ccccc3)c3ccccc3)cc21. The Kier molecular flexibility index (Phi) is 8.50. The molecular formula is C48H40N2O3. The zero-order valence-corrected chi connectivity index (χ0v) is 30.1. The van der Waals surface area contributed by atoms with Crippen molar-refractivity contribution in [2.75, 3.05) is 4.90 Å². The zero-order valence-electron chi connectivity index (χ0n) is 30.1. The molecule has 0 radical (unpaired) electrons. The highest BCUT2D eigenvalue weighted by molar-refractivity contribution is 6.23. The highest BCUT2D eigenvalue weighted by Crippen LogP contribution is 2.48. The van der Waals surface area contributed by atoms with Crippen LogP contribution in [0.2, 0.25) is 0 Å². The van der Waals surface area contributed by atoms with Crippen LogP contribution in [0.4, 0.5) is 5.69 Å². The van der Waals surface area contributed by atoms with Gasteiger partial charge in [0.05, 0.1) is 27.8 Å². The molecule has 0 spiro atoms. The molecule has 5 heteroatoms. The van der Waals surface area contributed by atoms with E-state index in [1.54, 1.807) is 29.2 Å². The fourth-order valence-corrected chi connectivity index (χ4v) is 8.50. The van der Waals surface area contributed by atoms with Gasteiger partial charge in [-0.1, -0.05) is 146 Å². The fourth-order valence-electron chi connectivity index (χ4n) is 8.50. The minimum Gasteiger partial charge on any atom is -0.301 e. The molecule has 6 aromatic rings. The molecule has 2 heterocycles. The van der Waals surface area contributed by atoms with Crippen molar-refractivity contribution in [2.45, 2.75) is 44.2 Å². The van der Waals surface area contributed by atoms with E-state index in [9.17, 15) is 9.59 Å². The lowest BCUT2D eigenvalue weighted by Gasteiger charge is -2.45. The smallest absolute Gasteiger partial charge is 0.262 e. The molecule has 260 valence electrons. The molecule has 6 aromatic carbocycles. The van der Waals surface area contributed by atoms with Crippen LogP contribution >= 0.6 is 0 Å². The van der Waals surface area contributed by atoms with Crippen LogP contribution in [-0.2, 0) is 16.6 Å². The van der Waals surface area contributed by atoms with Gasteiger partial charge < -0.3 is 4.90 Å². The van der Waals surface area contributed by atoms with Crippen LogP contribution in [0, 0.1) is 0 Å². The predicted octanol–water partition coefficient (Wildman–Crippen LogP) is 9.51. The van der Waals surface area contributed by atoms with E-state index < -0.39 is 28.8 Å². The molecular weight excluding hydrogens is 653 g/mol. The monoisotopic (exact) mass is 692 g/mol. The lowest BCUT2D eigenvalue weighted by Crippen LogP contribution is -2.58. The second kappa shape index (κ2) is 13.3. The molecule has 0 saturated heterocycles. The quantitative estimate of drug-likeness (QED) is 0.118. The molecule has 1 atom stereocenters. The first-order chi connectivity index (χ1) is 25.7. The van der Waals surface area contributed by atoms with Crippen LogP contribution < -0.4 is 4.90 Å². The molecule has 2 aliphatic rings. The van der Waals surface area contributed by atoms with Gasteiger partial charge in [-0.05, 0) is 78.4 Å². The van der Waals surface area contributed by atoms with Crippen LogP contribution in [0.5, 0.6) is 0 Å². The molecule has 0 N–H and O–H groups in total. The van der Waals surface area contributed by atoms with Crippen molar-refractivity contribution in [3.05, 3.63) is 214 Å². The molecule has 2 aliphatic heterocycles. The number of imide groups is 1. The summed E-state index contributed by atoms with van der Waals surface area (Å²) < 4.78 is 0. The summed E-state index contributed by atoms with van der Waals surface area (Å²) in [5.41, 5.74) is 7.19. The van der Waals surface area contributed by atoms with E-state index in [2.05, 4.69) is 97.9 Å². The van der Waals surface area contributed by atoms with Gasteiger partial charge in [0.1, 0.15) is 6.04 Å². The molecule has 0 aliphatic carbocycles. The van der Waals surface area contributed by atoms with Crippen molar-refractivity contribution < 1.29 is 14.4 Å². The van der Waals surface area contributed by atoms with E-state index in [0.29, 0.717) is 11.1 Å². The number of rotatable bonds is 8. The lowest BCUT2D eigenvalue weighted by molar-refractivity contribution is -0.123. The number of amides is 3. The van der Waals surface area contributed by atoms with Crippen LogP contribution in [0.3, 0.4) is 0 Å². The van der Waals surface area contributed by atoms with Gasteiger partial charge in [0.25, 0.3) is 17.7 Å². The number of carbonyl (C=O) groups is 3. The Morgan fingerprint density at radius 2 is 1.04 bits per heavy atom. The first-order valence-corrected chi connectivity index (χ1v) is 18.1. The predicted molar refractivity (Wildman–Crippen MR) is 211 cm³/mol. The highest BCUT2D eigenvalue weighted by atomic mass is 16.2. The zero-order chi connectivity index (χ0) is 36.7. The van der Waals surface area contributed by atoms with Gasteiger partial charge in [-0.3, -0.25) is 19.3 Å². The van der Waals surface area contributed by atoms with Gasteiger partial charge in [0.15, 0.2) is 0 Å². The van der Waals surface area contributed by atoms with E-state index in [-0.39, 0.29) is 12.3 Å². The summed E-state index contributed by atoms with van der Waals surface area (Å²) in [5, 5.41) is 0. The van der Waals surface area contributed by atoms with Gasteiger partial charge in [0.2, 0.25) is 0 Å². The third-order valence-electron chi connectivity index (χ3n) is 10.8. The topological polar surface area (TPSA) is 57.7 Å². The summed E-state index contributed by atoms with van der Waals surface area (Å²) in [6.45, 7) is 6.11.